The van der Waals surface area contributed by atoms with Gasteiger partial charge in [0, 0.05) is 6.42 Å². The molecule has 0 aliphatic heterocycles. The Morgan fingerprint density at radius 1 is 1.46 bits per heavy atom. The van der Waals surface area contributed by atoms with Crippen LogP contribution in [0.3, 0.4) is 0 Å². The summed E-state index contributed by atoms with van der Waals surface area (Å²) in [6.07, 6.45) is 9.21. The van der Waals surface area contributed by atoms with E-state index in [1.807, 2.05) is 29.7 Å². The zero-order chi connectivity index (χ0) is 9.15. The lowest BCUT2D eigenvalue weighted by Crippen LogP contribution is -2.28. The average molecular weight is 192 g/mol. The summed E-state index contributed by atoms with van der Waals surface area (Å²) in [5, 5.41) is 14.2. The maximum Gasteiger partial charge on any atom is 0.0905 e. The largest absolute Gasteiger partial charge is 0.385 e. The Bertz CT molecular complexity index is 324. The van der Waals surface area contributed by atoms with E-state index in [4.69, 9.17) is 0 Å². The fraction of sp³-hybridized carbons (Fsp3) is 0.273. The molecule has 0 saturated carbocycles. The molecule has 1 N–H and O–H groups in total. The molecule has 1 nitrogen and oxygen atoms in total. The molecule has 1 unspecified atom stereocenters. The van der Waals surface area contributed by atoms with E-state index in [1.54, 1.807) is 11.3 Å². The molecule has 13 heavy (non-hydrogen) atoms. The number of hydrogen-bond acceptors (Lipinski definition) is 2. The van der Waals surface area contributed by atoms with Crippen LogP contribution < -0.4 is 0 Å². The summed E-state index contributed by atoms with van der Waals surface area (Å²) >= 11 is 1.67. The summed E-state index contributed by atoms with van der Waals surface area (Å²) in [7, 11) is 0. The molecule has 68 valence electrons. The van der Waals surface area contributed by atoms with Crippen molar-refractivity contribution in [1.82, 2.24) is 0 Å². The summed E-state index contributed by atoms with van der Waals surface area (Å²) in [6.45, 7) is 0. The molecule has 0 aromatic carbocycles. The maximum atomic E-state index is 10.1. The molecule has 2 heteroatoms. The van der Waals surface area contributed by atoms with Crippen molar-refractivity contribution in [3.63, 3.8) is 0 Å². The Morgan fingerprint density at radius 3 is 3.00 bits per heavy atom. The van der Waals surface area contributed by atoms with Gasteiger partial charge >= 0.3 is 0 Å². The number of rotatable bonds is 2. The monoisotopic (exact) mass is 192 g/mol. The van der Waals surface area contributed by atoms with Gasteiger partial charge in [0.2, 0.25) is 0 Å². The van der Waals surface area contributed by atoms with Crippen molar-refractivity contribution in [2.45, 2.75) is 18.4 Å². The van der Waals surface area contributed by atoms with Gasteiger partial charge in [-0.1, -0.05) is 24.3 Å². The lowest BCUT2D eigenvalue weighted by molar-refractivity contribution is 0.0936. The van der Waals surface area contributed by atoms with E-state index in [0.717, 1.165) is 12.8 Å². The van der Waals surface area contributed by atoms with E-state index in [-0.39, 0.29) is 0 Å². The molecule has 0 amide bonds. The van der Waals surface area contributed by atoms with E-state index in [9.17, 15) is 5.11 Å². The summed E-state index contributed by atoms with van der Waals surface area (Å²) in [5.41, 5.74) is 0.558. The molecule has 1 aromatic rings. The molecule has 0 saturated heterocycles. The third-order valence-electron chi connectivity index (χ3n) is 2.22. The van der Waals surface area contributed by atoms with Gasteiger partial charge in [-0.25, -0.2) is 0 Å². The third-order valence-corrected chi connectivity index (χ3v) is 2.95. The fourth-order valence-electron chi connectivity index (χ4n) is 1.53. The van der Waals surface area contributed by atoms with Crippen LogP contribution >= 0.6 is 11.3 Å². The van der Waals surface area contributed by atoms with Crippen LogP contribution in [0.5, 0.6) is 0 Å². The van der Waals surface area contributed by atoms with E-state index >= 15 is 0 Å². The first-order valence-corrected chi connectivity index (χ1v) is 5.31. The Kier molecular flexibility index (Phi) is 2.34. The Hall–Kier alpha value is -0.860. The van der Waals surface area contributed by atoms with Gasteiger partial charge in [-0.2, -0.15) is 11.3 Å². The highest BCUT2D eigenvalue weighted by Gasteiger charge is 2.23. The SMILES string of the molecule is OC1(Cc2ccsc2)C=CC=CC1. The Labute approximate surface area is 82.0 Å². The summed E-state index contributed by atoms with van der Waals surface area (Å²) < 4.78 is 0. The van der Waals surface area contributed by atoms with Gasteiger partial charge in [0.1, 0.15) is 0 Å². The lowest BCUT2D eigenvalue weighted by atomic mass is 9.89. The molecule has 0 radical (unpaired) electrons. The minimum atomic E-state index is -0.657. The molecular formula is C11H12OS. The first-order chi connectivity index (χ1) is 6.29. The van der Waals surface area contributed by atoms with Gasteiger partial charge < -0.3 is 5.11 Å². The van der Waals surface area contributed by atoms with Crippen molar-refractivity contribution < 1.29 is 5.11 Å². The topological polar surface area (TPSA) is 20.2 Å². The second-order valence-electron chi connectivity index (χ2n) is 3.40. The predicted molar refractivity (Wildman–Crippen MR) is 55.9 cm³/mol. The third kappa shape index (κ3) is 2.08. The van der Waals surface area contributed by atoms with Crippen molar-refractivity contribution in [1.29, 1.82) is 0 Å². The highest BCUT2D eigenvalue weighted by molar-refractivity contribution is 7.07. The first-order valence-electron chi connectivity index (χ1n) is 4.36. The van der Waals surface area contributed by atoms with Crippen molar-refractivity contribution in [3.8, 4) is 0 Å². The van der Waals surface area contributed by atoms with Crippen molar-refractivity contribution in [3.05, 3.63) is 46.7 Å². The normalized spacial score (nSPS) is 26.5. The number of thiophene rings is 1. The van der Waals surface area contributed by atoms with Crippen LogP contribution in [0.15, 0.2) is 41.1 Å². The first kappa shape index (κ1) is 8.73. The minimum absolute atomic E-state index is 0.657. The molecule has 1 heterocycles. The smallest absolute Gasteiger partial charge is 0.0905 e. The van der Waals surface area contributed by atoms with E-state index in [1.165, 1.54) is 5.56 Å². The van der Waals surface area contributed by atoms with Crippen LogP contribution in [-0.4, -0.2) is 10.7 Å². The van der Waals surface area contributed by atoms with Crippen LogP contribution in [0.2, 0.25) is 0 Å². The summed E-state index contributed by atoms with van der Waals surface area (Å²) in [6, 6.07) is 2.06. The van der Waals surface area contributed by atoms with Gasteiger partial charge in [-0.15, -0.1) is 0 Å². The van der Waals surface area contributed by atoms with E-state index in [0.29, 0.717) is 0 Å². The van der Waals surface area contributed by atoms with Crippen molar-refractivity contribution in [2.24, 2.45) is 0 Å². The second kappa shape index (κ2) is 3.48. The van der Waals surface area contributed by atoms with Gasteiger partial charge in [0.05, 0.1) is 5.60 Å². The molecular weight excluding hydrogens is 180 g/mol. The number of hydrogen-bond donors (Lipinski definition) is 1. The highest BCUT2D eigenvalue weighted by Crippen LogP contribution is 2.23. The zero-order valence-corrected chi connectivity index (χ0v) is 8.13. The summed E-state index contributed by atoms with van der Waals surface area (Å²) in [4.78, 5) is 0. The molecule has 1 atom stereocenters. The van der Waals surface area contributed by atoms with Crippen LogP contribution in [0.4, 0.5) is 0 Å². The minimum Gasteiger partial charge on any atom is -0.385 e. The number of allylic oxidation sites excluding steroid dienone is 2. The Morgan fingerprint density at radius 2 is 2.38 bits per heavy atom. The van der Waals surface area contributed by atoms with E-state index in [2.05, 4.69) is 11.4 Å². The Balaban J connectivity index is 2.09. The van der Waals surface area contributed by atoms with Gasteiger partial charge in [-0.3, -0.25) is 0 Å². The molecule has 0 spiro atoms. The predicted octanol–water partition coefficient (Wildman–Crippen LogP) is 2.54. The summed E-state index contributed by atoms with van der Waals surface area (Å²) in [5.74, 6) is 0. The quantitative estimate of drug-likeness (QED) is 0.763. The molecule has 1 aromatic heterocycles. The molecule has 1 aliphatic carbocycles. The molecule has 0 bridgehead atoms. The van der Waals surface area contributed by atoms with E-state index < -0.39 is 5.60 Å². The van der Waals surface area contributed by atoms with Gasteiger partial charge in [-0.05, 0) is 28.8 Å². The van der Waals surface area contributed by atoms with Crippen LogP contribution in [0, 0.1) is 0 Å². The average Bonchev–Trinajstić information content (AvgIpc) is 2.57. The van der Waals surface area contributed by atoms with Crippen LogP contribution in [0.1, 0.15) is 12.0 Å². The standard InChI is InChI=1S/C11H12OS/c12-11(5-2-1-3-6-11)8-10-4-7-13-9-10/h1-5,7,9,12H,6,8H2. The van der Waals surface area contributed by atoms with Gasteiger partial charge in [0.25, 0.3) is 0 Å². The van der Waals surface area contributed by atoms with Crippen molar-refractivity contribution >= 4 is 11.3 Å². The maximum absolute atomic E-state index is 10.1. The molecule has 2 rings (SSSR count). The fourth-order valence-corrected chi connectivity index (χ4v) is 2.20. The second-order valence-corrected chi connectivity index (χ2v) is 4.18. The highest BCUT2D eigenvalue weighted by atomic mass is 32.1. The van der Waals surface area contributed by atoms with Gasteiger partial charge in [0.15, 0.2) is 0 Å². The lowest BCUT2D eigenvalue weighted by Gasteiger charge is -2.24. The van der Waals surface area contributed by atoms with Crippen LogP contribution in [-0.2, 0) is 6.42 Å². The molecule has 0 fully saturated rings. The van der Waals surface area contributed by atoms with Crippen LogP contribution in [0.25, 0.3) is 0 Å². The van der Waals surface area contributed by atoms with Crippen molar-refractivity contribution in [2.75, 3.05) is 0 Å². The zero-order valence-electron chi connectivity index (χ0n) is 7.31. The molecule has 1 aliphatic rings. The number of aliphatic hydroxyl groups is 1.